The number of carbonyl (C=O) groups excluding carboxylic acids is 2. The van der Waals surface area contributed by atoms with E-state index in [1.54, 1.807) is 4.90 Å². The lowest BCUT2D eigenvalue weighted by molar-refractivity contribution is -0.147. The zero-order valence-corrected chi connectivity index (χ0v) is 13.5. The van der Waals surface area contributed by atoms with E-state index in [1.807, 2.05) is 31.3 Å². The molecule has 0 spiro atoms. The van der Waals surface area contributed by atoms with Crippen LogP contribution in [-0.4, -0.2) is 28.2 Å². The fourth-order valence-corrected chi connectivity index (χ4v) is 3.32. The molecule has 1 aromatic carbocycles. The molecule has 0 radical (unpaired) electrons. The minimum atomic E-state index is -0.890. The summed E-state index contributed by atoms with van der Waals surface area (Å²) in [6.45, 7) is 4.66. The second-order valence-electron chi connectivity index (χ2n) is 6.48. The Labute approximate surface area is 135 Å². The number of fused-ring (bicyclic) bond motifs is 1. The maximum atomic E-state index is 12.2. The van der Waals surface area contributed by atoms with Crippen LogP contribution in [0.5, 0.6) is 0 Å². The highest BCUT2D eigenvalue weighted by molar-refractivity contribution is 6.34. The zero-order valence-electron chi connectivity index (χ0n) is 13.5. The first-order valence-corrected chi connectivity index (χ1v) is 7.92. The SMILES string of the molecule is Cc1cnc2cc(C3CCC(C)CN3C(=O)C(N)=O)ccc2c1. The molecular weight excluding hydrogens is 290 g/mol. The van der Waals surface area contributed by atoms with E-state index in [0.717, 1.165) is 34.9 Å². The van der Waals surface area contributed by atoms with Gasteiger partial charge in [0.05, 0.1) is 11.6 Å². The number of hydrogen-bond donors (Lipinski definition) is 1. The second kappa shape index (κ2) is 5.99. The molecule has 1 saturated heterocycles. The van der Waals surface area contributed by atoms with E-state index in [1.165, 1.54) is 0 Å². The van der Waals surface area contributed by atoms with Gasteiger partial charge in [-0.15, -0.1) is 0 Å². The minimum Gasteiger partial charge on any atom is -0.361 e. The third-order valence-electron chi connectivity index (χ3n) is 4.52. The van der Waals surface area contributed by atoms with Crippen molar-refractivity contribution in [2.24, 2.45) is 11.7 Å². The molecule has 120 valence electrons. The van der Waals surface area contributed by atoms with Gasteiger partial charge in [-0.05, 0) is 48.9 Å². The number of amides is 2. The number of nitrogens with two attached hydrogens (primary N) is 1. The Morgan fingerprint density at radius 2 is 2.04 bits per heavy atom. The summed E-state index contributed by atoms with van der Waals surface area (Å²) in [6, 6.07) is 8.03. The van der Waals surface area contributed by atoms with Crippen LogP contribution in [0.25, 0.3) is 10.9 Å². The molecule has 0 aliphatic carbocycles. The topological polar surface area (TPSA) is 76.3 Å². The van der Waals surface area contributed by atoms with Gasteiger partial charge in [0.15, 0.2) is 0 Å². The molecule has 3 rings (SSSR count). The molecule has 5 nitrogen and oxygen atoms in total. The molecular formula is C18H21N3O2. The average Bonchev–Trinajstić information content (AvgIpc) is 2.53. The lowest BCUT2D eigenvalue weighted by Gasteiger charge is -2.38. The van der Waals surface area contributed by atoms with Crippen molar-refractivity contribution in [3.8, 4) is 0 Å². The Balaban J connectivity index is 1.98. The Hall–Kier alpha value is -2.43. The number of primary amides is 1. The first kappa shape index (κ1) is 15.5. The summed E-state index contributed by atoms with van der Waals surface area (Å²) in [5, 5.41) is 1.07. The molecule has 23 heavy (non-hydrogen) atoms. The van der Waals surface area contributed by atoms with Gasteiger partial charge in [0.2, 0.25) is 0 Å². The summed E-state index contributed by atoms with van der Waals surface area (Å²) in [6.07, 6.45) is 3.69. The zero-order chi connectivity index (χ0) is 16.6. The van der Waals surface area contributed by atoms with Crippen LogP contribution >= 0.6 is 0 Å². The van der Waals surface area contributed by atoms with E-state index in [4.69, 9.17) is 5.73 Å². The molecule has 0 saturated carbocycles. The van der Waals surface area contributed by atoms with Crippen LogP contribution in [-0.2, 0) is 9.59 Å². The van der Waals surface area contributed by atoms with Crippen LogP contribution in [0.4, 0.5) is 0 Å². The highest BCUT2D eigenvalue weighted by Crippen LogP contribution is 2.34. The van der Waals surface area contributed by atoms with Crippen LogP contribution in [0, 0.1) is 12.8 Å². The summed E-state index contributed by atoms with van der Waals surface area (Å²) < 4.78 is 0. The van der Waals surface area contributed by atoms with E-state index in [9.17, 15) is 9.59 Å². The highest BCUT2D eigenvalue weighted by Gasteiger charge is 2.33. The van der Waals surface area contributed by atoms with Crippen molar-refractivity contribution < 1.29 is 9.59 Å². The van der Waals surface area contributed by atoms with Crippen LogP contribution in [0.15, 0.2) is 30.5 Å². The van der Waals surface area contributed by atoms with Gasteiger partial charge in [0, 0.05) is 18.1 Å². The molecule has 1 aliphatic heterocycles. The number of nitrogens with zero attached hydrogens (tertiary/aromatic N) is 2. The fourth-order valence-electron chi connectivity index (χ4n) is 3.32. The van der Waals surface area contributed by atoms with Crippen LogP contribution in [0.1, 0.15) is 36.9 Å². The van der Waals surface area contributed by atoms with Crippen LogP contribution < -0.4 is 5.73 Å². The standard InChI is InChI=1S/C18H21N3O2/c1-11-3-6-16(21(10-11)18(23)17(19)22)14-5-4-13-7-12(2)9-20-15(13)8-14/h4-5,7-9,11,16H,3,6,10H2,1-2H3,(H2,19,22). The van der Waals surface area contributed by atoms with Gasteiger partial charge < -0.3 is 10.6 Å². The van der Waals surface area contributed by atoms with Crippen LogP contribution in [0.2, 0.25) is 0 Å². The first-order valence-electron chi connectivity index (χ1n) is 7.92. The summed E-state index contributed by atoms with van der Waals surface area (Å²) in [4.78, 5) is 29.6. The molecule has 2 aromatic rings. The normalized spacial score (nSPS) is 21.4. The lowest BCUT2D eigenvalue weighted by Crippen LogP contribution is -2.46. The number of aromatic nitrogens is 1. The largest absolute Gasteiger partial charge is 0.361 e. The maximum Gasteiger partial charge on any atom is 0.312 e. The maximum absolute atomic E-state index is 12.2. The molecule has 2 atom stereocenters. The van der Waals surface area contributed by atoms with E-state index >= 15 is 0 Å². The van der Waals surface area contributed by atoms with Gasteiger partial charge in [-0.25, -0.2) is 0 Å². The Morgan fingerprint density at radius 3 is 2.78 bits per heavy atom. The third-order valence-corrected chi connectivity index (χ3v) is 4.52. The van der Waals surface area contributed by atoms with E-state index < -0.39 is 11.8 Å². The number of carbonyl (C=O) groups is 2. The van der Waals surface area contributed by atoms with E-state index in [2.05, 4.69) is 18.0 Å². The molecule has 0 bridgehead atoms. The Kier molecular flexibility index (Phi) is 4.03. The van der Waals surface area contributed by atoms with Gasteiger partial charge in [-0.2, -0.15) is 0 Å². The smallest absolute Gasteiger partial charge is 0.312 e. The lowest BCUT2D eigenvalue weighted by atomic mass is 9.89. The molecule has 2 heterocycles. The van der Waals surface area contributed by atoms with E-state index in [-0.39, 0.29) is 6.04 Å². The highest BCUT2D eigenvalue weighted by atomic mass is 16.2. The number of aryl methyl sites for hydroxylation is 1. The number of hydrogen-bond acceptors (Lipinski definition) is 3. The number of pyridine rings is 1. The van der Waals surface area contributed by atoms with Gasteiger partial charge in [-0.3, -0.25) is 14.6 Å². The molecule has 5 heteroatoms. The van der Waals surface area contributed by atoms with Crippen molar-refractivity contribution in [3.05, 3.63) is 41.6 Å². The monoisotopic (exact) mass is 311 g/mol. The van der Waals surface area contributed by atoms with Gasteiger partial charge >= 0.3 is 11.8 Å². The molecule has 1 fully saturated rings. The summed E-state index contributed by atoms with van der Waals surface area (Å²) >= 11 is 0. The van der Waals surface area contributed by atoms with Crippen molar-refractivity contribution in [1.29, 1.82) is 0 Å². The third kappa shape index (κ3) is 3.04. The van der Waals surface area contributed by atoms with Crippen molar-refractivity contribution in [3.63, 3.8) is 0 Å². The van der Waals surface area contributed by atoms with Crippen molar-refractivity contribution in [1.82, 2.24) is 9.88 Å². The molecule has 1 aromatic heterocycles. The summed E-state index contributed by atoms with van der Waals surface area (Å²) in [7, 11) is 0. The van der Waals surface area contributed by atoms with Crippen LogP contribution in [0.3, 0.4) is 0 Å². The Morgan fingerprint density at radius 1 is 1.26 bits per heavy atom. The quantitative estimate of drug-likeness (QED) is 0.821. The molecule has 2 N–H and O–H groups in total. The number of piperidine rings is 1. The number of likely N-dealkylation sites (tertiary alicyclic amines) is 1. The Bertz CT molecular complexity index is 772. The van der Waals surface area contributed by atoms with Crippen molar-refractivity contribution in [2.75, 3.05) is 6.54 Å². The van der Waals surface area contributed by atoms with Gasteiger partial charge in [0.25, 0.3) is 0 Å². The first-order chi connectivity index (χ1) is 11.0. The predicted molar refractivity (Wildman–Crippen MR) is 88.5 cm³/mol. The summed E-state index contributed by atoms with van der Waals surface area (Å²) in [5.41, 5.74) is 8.24. The fraction of sp³-hybridized carbons (Fsp3) is 0.389. The molecule has 2 amide bonds. The summed E-state index contributed by atoms with van der Waals surface area (Å²) in [5.74, 6) is -1.12. The molecule has 1 aliphatic rings. The second-order valence-corrected chi connectivity index (χ2v) is 6.48. The average molecular weight is 311 g/mol. The van der Waals surface area contributed by atoms with Gasteiger partial charge in [0.1, 0.15) is 0 Å². The van der Waals surface area contributed by atoms with Crippen molar-refractivity contribution in [2.45, 2.75) is 32.7 Å². The van der Waals surface area contributed by atoms with Gasteiger partial charge in [-0.1, -0.05) is 19.1 Å². The number of benzene rings is 1. The van der Waals surface area contributed by atoms with Crippen molar-refractivity contribution >= 4 is 22.7 Å². The predicted octanol–water partition coefficient (Wildman–Crippen LogP) is 2.33. The number of rotatable bonds is 1. The molecule has 2 unspecified atom stereocenters. The minimum absolute atomic E-state index is 0.112. The van der Waals surface area contributed by atoms with E-state index in [0.29, 0.717) is 12.5 Å².